The van der Waals surface area contributed by atoms with Gasteiger partial charge in [-0.15, -0.1) is 10.2 Å². The van der Waals surface area contributed by atoms with Gasteiger partial charge in [0.2, 0.25) is 11.1 Å². The molecule has 1 amide bonds. The Labute approximate surface area is 177 Å². The van der Waals surface area contributed by atoms with Gasteiger partial charge in [0, 0.05) is 10.6 Å². The number of hydrogen-bond acceptors (Lipinski definition) is 5. The van der Waals surface area contributed by atoms with Crippen LogP contribution < -0.4 is 11.2 Å². The largest absolute Gasteiger partial charge is 0.335 e. The van der Waals surface area contributed by atoms with E-state index in [0.29, 0.717) is 26.7 Å². The maximum atomic E-state index is 12.8. The summed E-state index contributed by atoms with van der Waals surface area (Å²) in [5.41, 5.74) is 1.31. The van der Waals surface area contributed by atoms with Gasteiger partial charge in [-0.2, -0.15) is 0 Å². The monoisotopic (exact) mass is 435 g/mol. The fraction of sp³-hybridized carbons (Fsp3) is 0.211. The molecule has 6 nitrogen and oxygen atoms in total. The van der Waals surface area contributed by atoms with E-state index in [0.717, 1.165) is 5.56 Å². The number of thioether (sulfide) groups is 1. The van der Waals surface area contributed by atoms with Gasteiger partial charge in [0.15, 0.2) is 5.82 Å². The number of nitrogen functional groups attached to an aromatic ring is 1. The molecule has 28 heavy (non-hydrogen) atoms. The Morgan fingerprint density at radius 1 is 1.14 bits per heavy atom. The highest BCUT2D eigenvalue weighted by atomic mass is 35.5. The molecule has 0 radical (unpaired) electrons. The number of amides is 1. The Hall–Kier alpha value is -2.22. The number of rotatable bonds is 6. The lowest BCUT2D eigenvalue weighted by atomic mass is 10.1. The molecule has 0 spiro atoms. The van der Waals surface area contributed by atoms with Crippen LogP contribution in [0.15, 0.2) is 53.7 Å². The molecule has 146 valence electrons. The van der Waals surface area contributed by atoms with Crippen LogP contribution in [-0.4, -0.2) is 26.0 Å². The number of halogens is 2. The number of nitrogens with two attached hydrogens (primary N) is 1. The zero-order valence-corrected chi connectivity index (χ0v) is 17.6. The van der Waals surface area contributed by atoms with Crippen molar-refractivity contribution >= 4 is 46.6 Å². The molecule has 0 aliphatic carbocycles. The minimum atomic E-state index is -0.435. The highest BCUT2D eigenvalue weighted by Crippen LogP contribution is 2.31. The van der Waals surface area contributed by atoms with Crippen LogP contribution in [0.4, 0.5) is 5.69 Å². The molecule has 0 aliphatic rings. The second-order valence-corrected chi connectivity index (χ2v) is 8.39. The van der Waals surface area contributed by atoms with Crippen molar-refractivity contribution in [2.45, 2.75) is 24.3 Å². The van der Waals surface area contributed by atoms with Gasteiger partial charge in [-0.1, -0.05) is 73.1 Å². The van der Waals surface area contributed by atoms with Crippen LogP contribution in [0.25, 0.3) is 11.4 Å². The van der Waals surface area contributed by atoms with Crippen LogP contribution >= 0.6 is 35.0 Å². The van der Waals surface area contributed by atoms with Gasteiger partial charge in [-0.3, -0.25) is 4.79 Å². The fourth-order valence-corrected chi connectivity index (χ4v) is 3.88. The first-order valence-electron chi connectivity index (χ1n) is 8.55. The van der Waals surface area contributed by atoms with Crippen LogP contribution in [0, 0.1) is 5.92 Å². The van der Waals surface area contributed by atoms with Gasteiger partial charge in [0.1, 0.15) is 0 Å². The molecular weight excluding hydrogens is 417 g/mol. The van der Waals surface area contributed by atoms with Crippen LogP contribution in [0.5, 0.6) is 0 Å². The molecule has 3 rings (SSSR count). The van der Waals surface area contributed by atoms with Gasteiger partial charge < -0.3 is 11.2 Å². The first kappa shape index (κ1) is 20.5. The maximum absolute atomic E-state index is 12.8. The quantitative estimate of drug-likeness (QED) is 0.431. The average molecular weight is 436 g/mol. The van der Waals surface area contributed by atoms with Crippen molar-refractivity contribution in [3.8, 4) is 11.4 Å². The van der Waals surface area contributed by atoms with E-state index < -0.39 is 5.25 Å². The summed E-state index contributed by atoms with van der Waals surface area (Å²) in [6.07, 6.45) is 0. The number of aromatic nitrogens is 3. The third kappa shape index (κ3) is 4.60. The lowest BCUT2D eigenvalue weighted by Gasteiger charge is -2.19. The van der Waals surface area contributed by atoms with Crippen molar-refractivity contribution in [3.05, 3.63) is 58.6 Å². The molecule has 0 fully saturated rings. The normalized spacial score (nSPS) is 12.2. The van der Waals surface area contributed by atoms with E-state index in [2.05, 4.69) is 15.5 Å². The molecular formula is C19H19Cl2N5OS. The summed E-state index contributed by atoms with van der Waals surface area (Å²) in [6, 6.07) is 14.3. The molecule has 1 atom stereocenters. The van der Waals surface area contributed by atoms with E-state index in [4.69, 9.17) is 29.0 Å². The van der Waals surface area contributed by atoms with Crippen molar-refractivity contribution < 1.29 is 4.79 Å². The minimum absolute atomic E-state index is 0.0267. The number of para-hydroxylation sites is 1. The summed E-state index contributed by atoms with van der Waals surface area (Å²) in [4.78, 5) is 12.8. The first-order chi connectivity index (χ1) is 13.4. The van der Waals surface area contributed by atoms with Crippen molar-refractivity contribution in [1.29, 1.82) is 0 Å². The van der Waals surface area contributed by atoms with E-state index in [1.165, 1.54) is 16.4 Å². The number of benzene rings is 2. The van der Waals surface area contributed by atoms with Crippen molar-refractivity contribution in [1.82, 2.24) is 14.9 Å². The van der Waals surface area contributed by atoms with Crippen LogP contribution in [0.1, 0.15) is 13.8 Å². The van der Waals surface area contributed by atoms with Crippen molar-refractivity contribution in [2.24, 2.45) is 5.92 Å². The zero-order valence-electron chi connectivity index (χ0n) is 15.3. The van der Waals surface area contributed by atoms with E-state index in [1.54, 1.807) is 30.3 Å². The molecule has 1 aromatic heterocycles. The Morgan fingerprint density at radius 2 is 1.89 bits per heavy atom. The van der Waals surface area contributed by atoms with E-state index in [-0.39, 0.29) is 11.8 Å². The molecule has 1 unspecified atom stereocenters. The number of nitrogens with zero attached hydrogens (tertiary/aromatic N) is 3. The Morgan fingerprint density at radius 3 is 2.57 bits per heavy atom. The molecule has 3 N–H and O–H groups in total. The molecule has 0 saturated heterocycles. The van der Waals surface area contributed by atoms with Crippen LogP contribution in [0.2, 0.25) is 10.0 Å². The highest BCUT2D eigenvalue weighted by Gasteiger charge is 2.27. The second-order valence-electron chi connectivity index (χ2n) is 6.44. The summed E-state index contributed by atoms with van der Waals surface area (Å²) < 4.78 is 1.37. The van der Waals surface area contributed by atoms with Crippen molar-refractivity contribution in [2.75, 3.05) is 11.2 Å². The lowest BCUT2D eigenvalue weighted by molar-refractivity contribution is -0.116. The number of hydrogen-bond donors (Lipinski definition) is 2. The lowest BCUT2D eigenvalue weighted by Crippen LogP contribution is -2.30. The standard InChI is InChI=1S/C19H19Cl2N5OS/c1-11(2)16(18(27)23-15-9-4-3-8-14(15)21)28-19-25-24-17(26(19)22)12-6-5-7-13(20)10-12/h3-11,16H,22H2,1-2H3,(H,23,27). The third-order valence-corrected chi connectivity index (χ3v) is 6.04. The first-order valence-corrected chi connectivity index (χ1v) is 10.2. The number of carbonyl (C=O) groups excluding carboxylic acids is 1. The summed E-state index contributed by atoms with van der Waals surface area (Å²) in [5.74, 6) is 6.50. The van der Waals surface area contributed by atoms with E-state index in [9.17, 15) is 4.79 Å². The Kier molecular flexibility index (Phi) is 6.49. The van der Waals surface area contributed by atoms with E-state index >= 15 is 0 Å². The molecule has 2 aromatic carbocycles. The number of anilines is 1. The minimum Gasteiger partial charge on any atom is -0.335 e. The smallest absolute Gasteiger partial charge is 0.238 e. The fourth-order valence-electron chi connectivity index (χ4n) is 2.55. The Bertz CT molecular complexity index is 992. The van der Waals surface area contributed by atoms with Crippen molar-refractivity contribution in [3.63, 3.8) is 0 Å². The summed E-state index contributed by atoms with van der Waals surface area (Å²) in [5, 5.41) is 12.2. The topological polar surface area (TPSA) is 85.8 Å². The number of carbonyl (C=O) groups is 1. The molecule has 0 saturated carbocycles. The van der Waals surface area contributed by atoms with Crippen LogP contribution in [-0.2, 0) is 4.79 Å². The van der Waals surface area contributed by atoms with E-state index in [1.807, 2.05) is 32.0 Å². The van der Waals surface area contributed by atoms with Gasteiger partial charge >= 0.3 is 0 Å². The van der Waals surface area contributed by atoms with Gasteiger partial charge in [-0.05, 0) is 30.2 Å². The van der Waals surface area contributed by atoms with Gasteiger partial charge in [0.05, 0.1) is 16.0 Å². The Balaban J connectivity index is 1.81. The zero-order chi connectivity index (χ0) is 20.3. The summed E-state index contributed by atoms with van der Waals surface area (Å²) in [6.45, 7) is 3.91. The third-order valence-electron chi connectivity index (χ3n) is 3.98. The molecule has 0 bridgehead atoms. The second kappa shape index (κ2) is 8.86. The predicted octanol–water partition coefficient (Wildman–Crippen LogP) is 4.72. The van der Waals surface area contributed by atoms with Gasteiger partial charge in [-0.25, -0.2) is 4.68 Å². The van der Waals surface area contributed by atoms with Gasteiger partial charge in [0.25, 0.3) is 0 Å². The average Bonchev–Trinajstić information content (AvgIpc) is 3.01. The predicted molar refractivity (Wildman–Crippen MR) is 115 cm³/mol. The molecule has 1 heterocycles. The van der Waals surface area contributed by atoms with Crippen LogP contribution in [0.3, 0.4) is 0 Å². The molecule has 9 heteroatoms. The highest BCUT2D eigenvalue weighted by molar-refractivity contribution is 8.00. The molecule has 0 aliphatic heterocycles. The maximum Gasteiger partial charge on any atom is 0.238 e. The summed E-state index contributed by atoms with van der Waals surface area (Å²) in [7, 11) is 0. The molecule has 3 aromatic rings. The number of nitrogens with one attached hydrogen (secondary N) is 1. The summed E-state index contributed by atoms with van der Waals surface area (Å²) >= 11 is 13.4. The SMILES string of the molecule is CC(C)C(Sc1nnc(-c2cccc(Cl)c2)n1N)C(=O)Nc1ccccc1Cl.